The van der Waals surface area contributed by atoms with Gasteiger partial charge in [0.2, 0.25) is 0 Å². The van der Waals surface area contributed by atoms with Crippen LogP contribution < -0.4 is 0 Å². The summed E-state index contributed by atoms with van der Waals surface area (Å²) >= 11 is 12.8. The highest BCUT2D eigenvalue weighted by molar-refractivity contribution is 7.90. The van der Waals surface area contributed by atoms with Crippen molar-refractivity contribution in [1.29, 1.82) is 0 Å². The van der Waals surface area contributed by atoms with Crippen LogP contribution in [0.5, 0.6) is 0 Å². The van der Waals surface area contributed by atoms with Gasteiger partial charge in [-0.2, -0.15) is 0 Å². The quantitative estimate of drug-likeness (QED) is 0.270. The highest BCUT2D eigenvalue weighted by atomic mass is 35.5. The maximum atomic E-state index is 14.7. The molecule has 0 aliphatic heterocycles. The summed E-state index contributed by atoms with van der Waals surface area (Å²) in [5, 5.41) is 20.9. The van der Waals surface area contributed by atoms with E-state index in [0.29, 0.717) is 27.1 Å². The van der Waals surface area contributed by atoms with Gasteiger partial charge in [-0.05, 0) is 67.0 Å². The van der Waals surface area contributed by atoms with Crippen molar-refractivity contribution in [2.75, 3.05) is 6.26 Å². The Hall–Kier alpha value is -2.82. The Balaban J connectivity index is 2.13. The SMILES string of the molecule is CC(c1c(Cl)cccc1Cl)c1nc(C(C)(C)O)cn1/C=C/C=C(\C=C\F)c1cc(F)c(CO)c(S(C)(=O)=O)c1. The van der Waals surface area contributed by atoms with E-state index < -0.39 is 33.8 Å². The van der Waals surface area contributed by atoms with Gasteiger partial charge < -0.3 is 14.8 Å². The van der Waals surface area contributed by atoms with Gasteiger partial charge in [-0.3, -0.25) is 0 Å². The number of benzene rings is 2. The fraction of sp³-hybridized carbons (Fsp3) is 0.250. The van der Waals surface area contributed by atoms with E-state index in [0.717, 1.165) is 18.4 Å². The van der Waals surface area contributed by atoms with Gasteiger partial charge in [0.15, 0.2) is 9.84 Å². The molecule has 0 aliphatic carbocycles. The number of hydrogen-bond donors (Lipinski definition) is 2. The monoisotopic (exact) mass is 596 g/mol. The topological polar surface area (TPSA) is 92.4 Å². The van der Waals surface area contributed by atoms with Crippen molar-refractivity contribution in [3.63, 3.8) is 0 Å². The summed E-state index contributed by atoms with van der Waals surface area (Å²) in [4.78, 5) is 4.22. The third kappa shape index (κ3) is 7.04. The first-order valence-electron chi connectivity index (χ1n) is 11.7. The first kappa shape index (κ1) is 30.7. The lowest BCUT2D eigenvalue weighted by Crippen LogP contribution is -2.16. The smallest absolute Gasteiger partial charge is 0.176 e. The van der Waals surface area contributed by atoms with Crippen molar-refractivity contribution in [2.24, 2.45) is 0 Å². The molecule has 0 saturated carbocycles. The highest BCUT2D eigenvalue weighted by Crippen LogP contribution is 2.36. The number of aliphatic hydroxyl groups is 2. The molecule has 208 valence electrons. The molecule has 2 aromatic carbocycles. The maximum absolute atomic E-state index is 14.7. The van der Waals surface area contributed by atoms with Crippen LogP contribution in [0.3, 0.4) is 0 Å². The normalized spacial score (nSPS) is 14.1. The highest BCUT2D eigenvalue weighted by Gasteiger charge is 2.26. The lowest BCUT2D eigenvalue weighted by atomic mass is 10.00. The second-order valence-electron chi connectivity index (χ2n) is 9.43. The summed E-state index contributed by atoms with van der Waals surface area (Å²) in [5.41, 5.74) is -0.354. The van der Waals surface area contributed by atoms with E-state index in [-0.39, 0.29) is 27.9 Å². The zero-order valence-electron chi connectivity index (χ0n) is 21.7. The first-order chi connectivity index (χ1) is 18.2. The summed E-state index contributed by atoms with van der Waals surface area (Å²) in [6.45, 7) is 4.23. The minimum Gasteiger partial charge on any atom is -0.392 e. The summed E-state index contributed by atoms with van der Waals surface area (Å²) in [6, 6.07) is 7.36. The van der Waals surface area contributed by atoms with Crippen LogP contribution in [0, 0.1) is 5.82 Å². The van der Waals surface area contributed by atoms with Gasteiger partial charge in [0.1, 0.15) is 17.2 Å². The predicted molar refractivity (Wildman–Crippen MR) is 150 cm³/mol. The van der Waals surface area contributed by atoms with Gasteiger partial charge in [-0.15, -0.1) is 0 Å². The molecule has 3 rings (SSSR count). The predicted octanol–water partition coefficient (Wildman–Crippen LogP) is 6.64. The van der Waals surface area contributed by atoms with Crippen LogP contribution in [0.4, 0.5) is 8.78 Å². The zero-order valence-corrected chi connectivity index (χ0v) is 24.0. The average Bonchev–Trinajstić information content (AvgIpc) is 3.27. The van der Waals surface area contributed by atoms with Gasteiger partial charge in [0, 0.05) is 40.2 Å². The molecule has 0 saturated heterocycles. The molecule has 2 N–H and O–H groups in total. The molecule has 3 aromatic rings. The van der Waals surface area contributed by atoms with Crippen LogP contribution in [0.15, 0.2) is 66.0 Å². The van der Waals surface area contributed by atoms with E-state index in [4.69, 9.17) is 23.2 Å². The minimum atomic E-state index is -3.88. The number of rotatable bonds is 9. The van der Waals surface area contributed by atoms with Crippen LogP contribution in [-0.4, -0.2) is 34.4 Å². The molecule has 0 spiro atoms. The van der Waals surface area contributed by atoms with Gasteiger partial charge in [0.25, 0.3) is 0 Å². The van der Waals surface area contributed by atoms with Crippen molar-refractivity contribution in [3.05, 3.63) is 105 Å². The molecular formula is C28H28Cl2F2N2O4S. The maximum Gasteiger partial charge on any atom is 0.176 e. The van der Waals surface area contributed by atoms with Crippen molar-refractivity contribution < 1.29 is 27.4 Å². The molecule has 11 heteroatoms. The standard InChI is InChI=1S/C28H28Cl2F2N2O4S/c1-17(26-21(29)8-5-9-22(26)30)27-33-25(28(2,3)36)15-34(27)12-6-7-18(10-11-31)19-13-23(32)20(16-35)24(14-19)39(4,37)38/h5-15,17,35-36H,16H2,1-4H3/b11-10+,12-6+,18-7+. The fourth-order valence-corrected chi connectivity index (χ4v) is 5.69. The Morgan fingerprint density at radius 3 is 2.41 bits per heavy atom. The van der Waals surface area contributed by atoms with Crippen LogP contribution in [0.25, 0.3) is 11.8 Å². The number of aliphatic hydroxyl groups excluding tert-OH is 1. The molecule has 1 atom stereocenters. The lowest BCUT2D eigenvalue weighted by Gasteiger charge is -2.16. The van der Waals surface area contributed by atoms with E-state index >= 15 is 0 Å². The summed E-state index contributed by atoms with van der Waals surface area (Å²) in [7, 11) is -3.88. The van der Waals surface area contributed by atoms with Gasteiger partial charge in [-0.1, -0.05) is 42.3 Å². The molecule has 1 heterocycles. The van der Waals surface area contributed by atoms with Crippen molar-refractivity contribution in [1.82, 2.24) is 9.55 Å². The molecular weight excluding hydrogens is 569 g/mol. The van der Waals surface area contributed by atoms with E-state index in [9.17, 15) is 27.4 Å². The Bertz CT molecular complexity index is 1550. The minimum absolute atomic E-state index is 0.0860. The molecule has 0 radical (unpaired) electrons. The number of hydrogen-bond acceptors (Lipinski definition) is 5. The average molecular weight is 598 g/mol. The number of imidazole rings is 1. The fourth-order valence-electron chi connectivity index (χ4n) is 4.01. The number of sulfone groups is 1. The van der Waals surface area contributed by atoms with Gasteiger partial charge in [0.05, 0.1) is 23.5 Å². The van der Waals surface area contributed by atoms with Crippen molar-refractivity contribution in [2.45, 2.75) is 43.8 Å². The Morgan fingerprint density at radius 2 is 1.87 bits per heavy atom. The van der Waals surface area contributed by atoms with Crippen molar-refractivity contribution >= 4 is 44.8 Å². The molecule has 0 aliphatic rings. The zero-order chi connectivity index (χ0) is 29.1. The van der Waals surface area contributed by atoms with Crippen LogP contribution >= 0.6 is 23.2 Å². The van der Waals surface area contributed by atoms with E-state index in [1.807, 2.05) is 6.92 Å². The molecule has 0 bridgehead atoms. The molecule has 1 unspecified atom stereocenters. The molecule has 1 aromatic heterocycles. The van der Waals surface area contributed by atoms with E-state index in [2.05, 4.69) is 4.98 Å². The Labute approximate surface area is 236 Å². The number of nitrogens with zero attached hydrogens (tertiary/aromatic N) is 2. The first-order valence-corrected chi connectivity index (χ1v) is 14.4. The molecule has 39 heavy (non-hydrogen) atoms. The third-order valence-corrected chi connectivity index (χ3v) is 7.84. The molecule has 0 fully saturated rings. The Morgan fingerprint density at radius 1 is 1.23 bits per heavy atom. The molecule has 0 amide bonds. The van der Waals surface area contributed by atoms with Crippen LogP contribution in [0.1, 0.15) is 54.9 Å². The van der Waals surface area contributed by atoms with Gasteiger partial charge >= 0.3 is 0 Å². The number of halogens is 4. The second-order valence-corrected chi connectivity index (χ2v) is 12.2. The van der Waals surface area contributed by atoms with E-state index in [1.165, 1.54) is 18.2 Å². The van der Waals surface area contributed by atoms with Crippen LogP contribution in [-0.2, 0) is 22.0 Å². The summed E-state index contributed by atoms with van der Waals surface area (Å²) in [5.74, 6) is -0.819. The van der Waals surface area contributed by atoms with Crippen molar-refractivity contribution in [3.8, 4) is 0 Å². The van der Waals surface area contributed by atoms with Crippen LogP contribution in [0.2, 0.25) is 10.0 Å². The third-order valence-electron chi connectivity index (χ3n) is 6.02. The number of aromatic nitrogens is 2. The largest absolute Gasteiger partial charge is 0.392 e. The number of allylic oxidation sites excluding steroid dienone is 4. The summed E-state index contributed by atoms with van der Waals surface area (Å²) in [6.07, 6.45) is 8.40. The van der Waals surface area contributed by atoms with E-state index in [1.54, 1.807) is 49.0 Å². The summed E-state index contributed by atoms with van der Waals surface area (Å²) < 4.78 is 54.0. The second kappa shape index (κ2) is 12.1. The molecule has 6 nitrogen and oxygen atoms in total. The van der Waals surface area contributed by atoms with Gasteiger partial charge in [-0.25, -0.2) is 22.2 Å². The Kier molecular flexibility index (Phi) is 9.56. The lowest BCUT2D eigenvalue weighted by molar-refractivity contribution is 0.0741.